The third kappa shape index (κ3) is 3.04. The van der Waals surface area contributed by atoms with Crippen molar-refractivity contribution in [1.82, 2.24) is 5.32 Å². The summed E-state index contributed by atoms with van der Waals surface area (Å²) < 4.78 is 14.2. The lowest BCUT2D eigenvalue weighted by Crippen LogP contribution is -2.50. The highest BCUT2D eigenvalue weighted by Crippen LogP contribution is 2.27. The second-order valence-electron chi connectivity index (χ2n) is 4.94. The van der Waals surface area contributed by atoms with Gasteiger partial charge in [-0.3, -0.25) is 0 Å². The molecule has 0 saturated carbocycles. The summed E-state index contributed by atoms with van der Waals surface area (Å²) in [7, 11) is 0. The molecule has 100 valence electrons. The van der Waals surface area contributed by atoms with Gasteiger partial charge in [-0.25, -0.2) is 4.39 Å². The molecule has 0 spiro atoms. The van der Waals surface area contributed by atoms with Crippen molar-refractivity contribution in [3.63, 3.8) is 0 Å². The van der Waals surface area contributed by atoms with Gasteiger partial charge in [0.25, 0.3) is 0 Å². The van der Waals surface area contributed by atoms with Gasteiger partial charge in [-0.15, -0.1) is 0 Å². The van der Waals surface area contributed by atoms with Crippen LogP contribution in [0.1, 0.15) is 25.3 Å². The van der Waals surface area contributed by atoms with Crippen LogP contribution in [0.15, 0.2) is 16.6 Å². The van der Waals surface area contributed by atoms with E-state index in [1.165, 1.54) is 12.8 Å². The van der Waals surface area contributed by atoms with E-state index in [-0.39, 0.29) is 5.82 Å². The van der Waals surface area contributed by atoms with E-state index in [0.29, 0.717) is 10.5 Å². The zero-order valence-corrected chi connectivity index (χ0v) is 12.6. The van der Waals surface area contributed by atoms with Crippen LogP contribution in [0, 0.1) is 12.7 Å². The van der Waals surface area contributed by atoms with Crippen LogP contribution in [0.3, 0.4) is 0 Å². The van der Waals surface area contributed by atoms with Gasteiger partial charge in [0.2, 0.25) is 0 Å². The van der Waals surface area contributed by atoms with E-state index >= 15 is 0 Å². The molecular formula is C14H20BrFN2. The Morgan fingerprint density at radius 3 is 3.00 bits per heavy atom. The number of anilines is 1. The van der Waals surface area contributed by atoms with E-state index in [0.717, 1.165) is 30.9 Å². The highest BCUT2D eigenvalue weighted by molar-refractivity contribution is 9.10. The van der Waals surface area contributed by atoms with E-state index in [1.54, 1.807) is 6.07 Å². The molecule has 0 radical (unpaired) electrons. The molecular weight excluding hydrogens is 295 g/mol. The zero-order chi connectivity index (χ0) is 13.1. The highest BCUT2D eigenvalue weighted by atomic mass is 79.9. The summed E-state index contributed by atoms with van der Waals surface area (Å²) in [5.41, 5.74) is 2.15. The van der Waals surface area contributed by atoms with Gasteiger partial charge in [0.15, 0.2) is 0 Å². The minimum absolute atomic E-state index is 0.179. The Kier molecular flexibility index (Phi) is 4.62. The normalized spacial score (nSPS) is 20.2. The minimum Gasteiger partial charge on any atom is -0.368 e. The summed E-state index contributed by atoms with van der Waals surface area (Å²) in [6, 6.07) is 4.03. The van der Waals surface area contributed by atoms with E-state index in [2.05, 4.69) is 33.1 Å². The van der Waals surface area contributed by atoms with Crippen molar-refractivity contribution in [2.75, 3.05) is 24.5 Å². The second kappa shape index (κ2) is 6.02. The molecule has 0 aliphatic carbocycles. The molecule has 2 rings (SSSR count). The summed E-state index contributed by atoms with van der Waals surface area (Å²) in [5.74, 6) is -0.179. The molecule has 0 bridgehead atoms. The minimum atomic E-state index is -0.179. The summed E-state index contributed by atoms with van der Waals surface area (Å²) in [4.78, 5) is 2.29. The fourth-order valence-electron chi connectivity index (χ4n) is 2.56. The van der Waals surface area contributed by atoms with Crippen molar-refractivity contribution in [2.45, 2.75) is 32.7 Å². The molecule has 1 unspecified atom stereocenters. The van der Waals surface area contributed by atoms with Gasteiger partial charge in [0.05, 0.1) is 4.47 Å². The summed E-state index contributed by atoms with van der Waals surface area (Å²) in [6.07, 6.45) is 2.35. The summed E-state index contributed by atoms with van der Waals surface area (Å²) in [6.45, 7) is 7.13. The van der Waals surface area contributed by atoms with Crippen LogP contribution >= 0.6 is 15.9 Å². The lowest BCUT2D eigenvalue weighted by molar-refractivity contribution is 0.430. The van der Waals surface area contributed by atoms with Crippen LogP contribution in [0.4, 0.5) is 10.1 Å². The molecule has 18 heavy (non-hydrogen) atoms. The van der Waals surface area contributed by atoms with Crippen LogP contribution in [0.25, 0.3) is 0 Å². The molecule has 0 amide bonds. The Labute approximate surface area is 117 Å². The van der Waals surface area contributed by atoms with Crippen molar-refractivity contribution in [3.05, 3.63) is 28.0 Å². The Morgan fingerprint density at radius 1 is 1.50 bits per heavy atom. The molecule has 1 atom stereocenters. The molecule has 1 aliphatic heterocycles. The number of hydrogen-bond acceptors (Lipinski definition) is 2. The highest BCUT2D eigenvalue weighted by Gasteiger charge is 2.20. The average Bonchev–Trinajstić information content (AvgIpc) is 2.34. The van der Waals surface area contributed by atoms with Crippen LogP contribution < -0.4 is 10.2 Å². The quantitative estimate of drug-likeness (QED) is 0.919. The Balaban J connectivity index is 2.18. The summed E-state index contributed by atoms with van der Waals surface area (Å²) in [5, 5.41) is 3.52. The number of rotatable bonds is 3. The molecule has 1 aromatic rings. The molecule has 0 aromatic heterocycles. The van der Waals surface area contributed by atoms with Crippen LogP contribution in [-0.2, 0) is 0 Å². The molecule has 1 saturated heterocycles. The van der Waals surface area contributed by atoms with Gasteiger partial charge in [0, 0.05) is 31.4 Å². The first kappa shape index (κ1) is 13.8. The fraction of sp³-hybridized carbons (Fsp3) is 0.571. The predicted octanol–water partition coefficient (Wildman–Crippen LogP) is 3.47. The zero-order valence-electron chi connectivity index (χ0n) is 11.0. The molecule has 1 aliphatic rings. The Hall–Kier alpha value is -0.610. The maximum atomic E-state index is 13.7. The number of nitrogens with zero attached hydrogens (tertiary/aromatic N) is 1. The number of piperazine rings is 1. The first-order valence-corrected chi connectivity index (χ1v) is 7.35. The smallest absolute Gasteiger partial charge is 0.139 e. The Bertz CT molecular complexity index is 421. The maximum Gasteiger partial charge on any atom is 0.139 e. The van der Waals surface area contributed by atoms with Gasteiger partial charge in [-0.2, -0.15) is 0 Å². The van der Waals surface area contributed by atoms with E-state index < -0.39 is 0 Å². The first-order valence-electron chi connectivity index (χ1n) is 6.55. The fourth-order valence-corrected chi connectivity index (χ4v) is 3.02. The van der Waals surface area contributed by atoms with E-state index in [9.17, 15) is 4.39 Å². The van der Waals surface area contributed by atoms with Gasteiger partial charge in [-0.1, -0.05) is 13.3 Å². The van der Waals surface area contributed by atoms with Gasteiger partial charge in [0.1, 0.15) is 5.82 Å². The predicted molar refractivity (Wildman–Crippen MR) is 77.7 cm³/mol. The van der Waals surface area contributed by atoms with Crippen molar-refractivity contribution in [1.29, 1.82) is 0 Å². The molecule has 1 aromatic carbocycles. The Morgan fingerprint density at radius 2 is 2.28 bits per heavy atom. The molecule has 1 heterocycles. The first-order chi connectivity index (χ1) is 8.61. The SMILES string of the molecule is CCCC1CN(c2cc(F)c(Br)cc2C)CCN1. The largest absolute Gasteiger partial charge is 0.368 e. The standard InChI is InChI=1S/C14H20BrFN2/c1-3-4-11-9-18(6-5-17-11)14-8-13(16)12(15)7-10(14)2/h7-8,11,17H,3-6,9H2,1-2H3. The monoisotopic (exact) mass is 314 g/mol. The third-order valence-corrected chi connectivity index (χ3v) is 4.08. The van der Waals surface area contributed by atoms with Crippen molar-refractivity contribution >= 4 is 21.6 Å². The molecule has 4 heteroatoms. The topological polar surface area (TPSA) is 15.3 Å². The van der Waals surface area contributed by atoms with Crippen LogP contribution in [0.5, 0.6) is 0 Å². The number of hydrogen-bond donors (Lipinski definition) is 1. The van der Waals surface area contributed by atoms with Gasteiger partial charge < -0.3 is 10.2 Å². The van der Waals surface area contributed by atoms with Gasteiger partial charge in [-0.05, 0) is 47.0 Å². The summed E-state index contributed by atoms with van der Waals surface area (Å²) >= 11 is 3.24. The van der Waals surface area contributed by atoms with Gasteiger partial charge >= 0.3 is 0 Å². The number of aryl methyl sites for hydroxylation is 1. The maximum absolute atomic E-state index is 13.7. The van der Waals surface area contributed by atoms with Crippen LogP contribution in [0.2, 0.25) is 0 Å². The number of nitrogens with one attached hydrogen (secondary N) is 1. The van der Waals surface area contributed by atoms with Crippen molar-refractivity contribution in [3.8, 4) is 0 Å². The van der Waals surface area contributed by atoms with E-state index in [1.807, 2.05) is 13.0 Å². The van der Waals surface area contributed by atoms with Crippen molar-refractivity contribution in [2.24, 2.45) is 0 Å². The van der Waals surface area contributed by atoms with E-state index in [4.69, 9.17) is 0 Å². The average molecular weight is 315 g/mol. The lowest BCUT2D eigenvalue weighted by Gasteiger charge is -2.36. The molecule has 2 nitrogen and oxygen atoms in total. The van der Waals surface area contributed by atoms with Crippen molar-refractivity contribution < 1.29 is 4.39 Å². The number of halogens is 2. The number of benzene rings is 1. The molecule has 1 N–H and O–H groups in total. The third-order valence-electron chi connectivity index (χ3n) is 3.47. The molecule has 1 fully saturated rings. The second-order valence-corrected chi connectivity index (χ2v) is 5.79. The van der Waals surface area contributed by atoms with Crippen LogP contribution in [-0.4, -0.2) is 25.7 Å². The lowest BCUT2D eigenvalue weighted by atomic mass is 10.1.